The molecule has 0 radical (unpaired) electrons. The van der Waals surface area contributed by atoms with Crippen LogP contribution >= 0.6 is 15.9 Å². The molecule has 2 heterocycles. The van der Waals surface area contributed by atoms with E-state index in [0.717, 1.165) is 5.56 Å². The molecule has 1 aromatic heterocycles. The summed E-state index contributed by atoms with van der Waals surface area (Å²) in [5.74, 6) is 1.14. The first-order valence-corrected chi connectivity index (χ1v) is 6.93. The molecule has 0 fully saturated rings. The lowest BCUT2D eigenvalue weighted by molar-refractivity contribution is 0.0926. The van der Waals surface area contributed by atoms with Gasteiger partial charge in [0.2, 0.25) is 6.79 Å². The molecule has 7 heteroatoms. The lowest BCUT2D eigenvalue weighted by atomic mass is 10.1. The van der Waals surface area contributed by atoms with E-state index in [2.05, 4.69) is 26.5 Å². The van der Waals surface area contributed by atoms with Crippen LogP contribution in [-0.2, 0) is 0 Å². The van der Waals surface area contributed by atoms with Crippen LogP contribution in [-0.4, -0.2) is 18.4 Å². The number of carbonyl (C=O) groups excluding carboxylic acids is 1. The normalized spacial score (nSPS) is 13.3. The topological polar surface area (TPSA) is 73.1 Å². The predicted octanol–water partition coefficient (Wildman–Crippen LogP) is 2.92. The smallest absolute Gasteiger partial charge is 0.307 e. The van der Waals surface area contributed by atoms with Crippen LogP contribution in [0.1, 0.15) is 23.0 Å². The molecule has 1 N–H and O–H groups in total. The number of hydrogen-bond donors (Lipinski definition) is 1. The lowest BCUT2D eigenvalue weighted by Gasteiger charge is -2.03. The number of nitrogens with zero attached hydrogens (tertiary/aromatic N) is 1. The number of furan rings is 1. The Morgan fingerprint density at radius 2 is 2.05 bits per heavy atom. The first kappa shape index (κ1) is 13.7. The fourth-order valence-electron chi connectivity index (χ4n) is 1.81. The average Bonchev–Trinajstić information content (AvgIpc) is 3.12. The van der Waals surface area contributed by atoms with E-state index in [9.17, 15) is 4.79 Å². The number of carbonyl (C=O) groups is 1. The number of hydrogen-bond acceptors (Lipinski definition) is 5. The summed E-state index contributed by atoms with van der Waals surface area (Å²) in [6.45, 7) is 2.01. The Hall–Kier alpha value is -2.28. The Kier molecular flexibility index (Phi) is 3.66. The van der Waals surface area contributed by atoms with Gasteiger partial charge in [0.05, 0.1) is 5.71 Å². The Morgan fingerprint density at radius 1 is 1.24 bits per heavy atom. The van der Waals surface area contributed by atoms with Crippen molar-refractivity contribution in [1.29, 1.82) is 0 Å². The second-order valence-corrected chi connectivity index (χ2v) is 5.09. The molecule has 0 saturated heterocycles. The van der Waals surface area contributed by atoms with Crippen molar-refractivity contribution in [2.24, 2.45) is 5.10 Å². The molecule has 0 spiro atoms. The van der Waals surface area contributed by atoms with Crippen LogP contribution in [0, 0.1) is 0 Å². The molecule has 0 aliphatic carbocycles. The van der Waals surface area contributed by atoms with E-state index in [1.165, 1.54) is 0 Å². The number of halogens is 1. The molecule has 3 rings (SSSR count). The molecule has 108 valence electrons. The van der Waals surface area contributed by atoms with E-state index < -0.39 is 5.91 Å². The van der Waals surface area contributed by atoms with Gasteiger partial charge in [-0.1, -0.05) is 0 Å². The molecular formula is C14H11BrN2O4. The van der Waals surface area contributed by atoms with Crippen molar-refractivity contribution < 1.29 is 18.7 Å². The Balaban J connectivity index is 1.72. The van der Waals surface area contributed by atoms with E-state index >= 15 is 0 Å². The van der Waals surface area contributed by atoms with Gasteiger partial charge in [-0.3, -0.25) is 4.79 Å². The van der Waals surface area contributed by atoms with E-state index in [1.54, 1.807) is 19.1 Å². The quantitative estimate of drug-likeness (QED) is 0.682. The number of nitrogens with one attached hydrogen (secondary N) is 1. The third-order valence-electron chi connectivity index (χ3n) is 2.91. The number of hydrazone groups is 1. The highest BCUT2D eigenvalue weighted by Crippen LogP contribution is 2.32. The fourth-order valence-corrected chi connectivity index (χ4v) is 2.12. The van der Waals surface area contributed by atoms with Crippen molar-refractivity contribution in [2.75, 3.05) is 6.79 Å². The van der Waals surface area contributed by atoms with Gasteiger partial charge in [0, 0.05) is 5.56 Å². The SMILES string of the molecule is C/C(=N\NC(=O)c1ccc(Br)o1)c1ccc2c(c1)OCO2. The van der Waals surface area contributed by atoms with Crippen LogP contribution in [0.2, 0.25) is 0 Å². The molecule has 1 aromatic carbocycles. The molecular weight excluding hydrogens is 340 g/mol. The molecule has 21 heavy (non-hydrogen) atoms. The van der Waals surface area contributed by atoms with E-state index in [1.807, 2.05) is 18.2 Å². The summed E-state index contributed by atoms with van der Waals surface area (Å²) in [4.78, 5) is 11.8. The molecule has 0 bridgehead atoms. The van der Waals surface area contributed by atoms with E-state index in [0.29, 0.717) is 21.9 Å². The summed E-state index contributed by atoms with van der Waals surface area (Å²) in [5.41, 5.74) is 3.92. The highest BCUT2D eigenvalue weighted by Gasteiger charge is 2.14. The van der Waals surface area contributed by atoms with Gasteiger partial charge in [0.15, 0.2) is 21.9 Å². The maximum atomic E-state index is 11.8. The van der Waals surface area contributed by atoms with Crippen LogP contribution in [0.4, 0.5) is 0 Å². The van der Waals surface area contributed by atoms with Gasteiger partial charge in [-0.15, -0.1) is 0 Å². The zero-order valence-corrected chi connectivity index (χ0v) is 12.6. The highest BCUT2D eigenvalue weighted by atomic mass is 79.9. The number of fused-ring (bicyclic) bond motifs is 1. The Bertz CT molecular complexity index is 724. The van der Waals surface area contributed by atoms with Crippen molar-refractivity contribution in [3.05, 3.63) is 46.3 Å². The van der Waals surface area contributed by atoms with Crippen LogP contribution < -0.4 is 14.9 Å². The van der Waals surface area contributed by atoms with Gasteiger partial charge < -0.3 is 13.9 Å². The van der Waals surface area contributed by atoms with Crippen molar-refractivity contribution in [2.45, 2.75) is 6.92 Å². The first-order valence-electron chi connectivity index (χ1n) is 6.13. The van der Waals surface area contributed by atoms with Crippen LogP contribution in [0.15, 0.2) is 44.5 Å². The third-order valence-corrected chi connectivity index (χ3v) is 3.34. The zero-order valence-electron chi connectivity index (χ0n) is 11.1. The van der Waals surface area contributed by atoms with Gasteiger partial charge in [0.1, 0.15) is 0 Å². The van der Waals surface area contributed by atoms with Gasteiger partial charge >= 0.3 is 5.91 Å². The minimum Gasteiger partial charge on any atom is -0.454 e. The van der Waals surface area contributed by atoms with Crippen molar-refractivity contribution in [1.82, 2.24) is 5.43 Å². The predicted molar refractivity (Wildman–Crippen MR) is 78.7 cm³/mol. The van der Waals surface area contributed by atoms with E-state index in [4.69, 9.17) is 13.9 Å². The van der Waals surface area contributed by atoms with Gasteiger partial charge in [0.25, 0.3) is 0 Å². The molecule has 0 atom stereocenters. The Labute approximate surface area is 128 Å². The molecule has 2 aromatic rings. The summed E-state index contributed by atoms with van der Waals surface area (Å²) in [6.07, 6.45) is 0. The third kappa shape index (κ3) is 2.92. The Morgan fingerprint density at radius 3 is 2.81 bits per heavy atom. The number of amides is 1. The maximum Gasteiger partial charge on any atom is 0.307 e. The van der Waals surface area contributed by atoms with Gasteiger partial charge in [-0.05, 0) is 53.2 Å². The highest BCUT2D eigenvalue weighted by molar-refractivity contribution is 9.10. The van der Waals surface area contributed by atoms with Crippen molar-refractivity contribution in [3.8, 4) is 11.5 Å². The summed E-state index contributed by atoms with van der Waals surface area (Å²) >= 11 is 3.14. The lowest BCUT2D eigenvalue weighted by Crippen LogP contribution is -2.18. The molecule has 1 aliphatic heterocycles. The van der Waals surface area contributed by atoms with Crippen molar-refractivity contribution >= 4 is 27.5 Å². The van der Waals surface area contributed by atoms with Crippen LogP contribution in [0.25, 0.3) is 0 Å². The fraction of sp³-hybridized carbons (Fsp3) is 0.143. The monoisotopic (exact) mass is 350 g/mol. The standard InChI is InChI=1S/C14H11BrN2O4/c1-8(9-2-3-10-12(6-9)20-7-19-10)16-17-14(18)11-4-5-13(15)21-11/h2-6H,7H2,1H3,(H,17,18)/b16-8+. The minimum atomic E-state index is -0.416. The molecule has 6 nitrogen and oxygen atoms in total. The number of ether oxygens (including phenoxy) is 2. The van der Waals surface area contributed by atoms with E-state index in [-0.39, 0.29) is 12.6 Å². The molecule has 1 aliphatic rings. The van der Waals surface area contributed by atoms with Gasteiger partial charge in [-0.25, -0.2) is 5.43 Å². The largest absolute Gasteiger partial charge is 0.454 e. The summed E-state index contributed by atoms with van der Waals surface area (Å²) in [7, 11) is 0. The summed E-state index contributed by atoms with van der Waals surface area (Å²) < 4.78 is 16.2. The zero-order chi connectivity index (χ0) is 14.8. The minimum absolute atomic E-state index is 0.184. The first-order chi connectivity index (χ1) is 10.1. The van der Waals surface area contributed by atoms with Crippen molar-refractivity contribution in [3.63, 3.8) is 0 Å². The van der Waals surface area contributed by atoms with Gasteiger partial charge in [-0.2, -0.15) is 5.10 Å². The summed E-state index contributed by atoms with van der Waals surface area (Å²) in [5, 5.41) is 4.05. The molecule has 0 unspecified atom stereocenters. The van der Waals surface area contributed by atoms with Crippen LogP contribution in [0.3, 0.4) is 0 Å². The maximum absolute atomic E-state index is 11.8. The second-order valence-electron chi connectivity index (χ2n) is 4.31. The number of rotatable bonds is 3. The number of benzene rings is 1. The molecule has 1 amide bonds. The summed E-state index contributed by atoms with van der Waals surface area (Å²) in [6, 6.07) is 8.68. The van der Waals surface area contributed by atoms with Crippen LogP contribution in [0.5, 0.6) is 11.5 Å². The average molecular weight is 351 g/mol. The molecule has 0 saturated carbocycles. The second kappa shape index (κ2) is 5.61.